The quantitative estimate of drug-likeness (QED) is 0.667. The second kappa shape index (κ2) is 4.62. The molecule has 1 aromatic heterocycles. The van der Waals surface area contributed by atoms with Gasteiger partial charge in [0.2, 0.25) is 0 Å². The van der Waals surface area contributed by atoms with Gasteiger partial charge in [0.25, 0.3) is 5.91 Å². The average molecular weight is 269 g/mol. The summed E-state index contributed by atoms with van der Waals surface area (Å²) in [6, 6.07) is 12.9. The molecule has 100 valence electrons. The van der Waals surface area contributed by atoms with Crippen LogP contribution >= 0.6 is 0 Å². The van der Waals surface area contributed by atoms with Crippen LogP contribution in [0.15, 0.2) is 52.9 Å². The second-order valence-electron chi connectivity index (χ2n) is 4.31. The zero-order valence-corrected chi connectivity index (χ0v) is 10.3. The molecule has 3 N–H and O–H groups in total. The fraction of sp³-hybridized carbons (Fsp3) is 0. The molecule has 5 nitrogen and oxygen atoms in total. The van der Waals surface area contributed by atoms with Crippen molar-refractivity contribution in [1.29, 1.82) is 0 Å². The van der Waals surface area contributed by atoms with Crippen LogP contribution in [0.25, 0.3) is 11.0 Å². The topological polar surface area (TPSA) is 82.7 Å². The van der Waals surface area contributed by atoms with Gasteiger partial charge in [-0.15, -0.1) is 0 Å². The van der Waals surface area contributed by atoms with E-state index in [1.165, 1.54) is 18.2 Å². The third kappa shape index (κ3) is 2.16. The SMILES string of the molecule is O=C(Nc1ccccc1)c1cc2c(O)cc(O)cc2o1. The number of amides is 1. The van der Waals surface area contributed by atoms with Gasteiger partial charge in [-0.2, -0.15) is 0 Å². The van der Waals surface area contributed by atoms with E-state index in [4.69, 9.17) is 4.42 Å². The van der Waals surface area contributed by atoms with Crippen LogP contribution in [0.3, 0.4) is 0 Å². The Morgan fingerprint density at radius 3 is 2.55 bits per heavy atom. The summed E-state index contributed by atoms with van der Waals surface area (Å²) in [5.74, 6) is -0.627. The molecule has 0 aliphatic rings. The molecule has 20 heavy (non-hydrogen) atoms. The monoisotopic (exact) mass is 269 g/mol. The highest BCUT2D eigenvalue weighted by Gasteiger charge is 2.15. The number of furan rings is 1. The van der Waals surface area contributed by atoms with E-state index >= 15 is 0 Å². The minimum Gasteiger partial charge on any atom is -0.508 e. The van der Waals surface area contributed by atoms with Crippen LogP contribution in [0.2, 0.25) is 0 Å². The number of aromatic hydroxyl groups is 2. The molecule has 0 saturated carbocycles. The zero-order chi connectivity index (χ0) is 14.1. The van der Waals surface area contributed by atoms with Crippen LogP contribution in [0.1, 0.15) is 10.6 Å². The van der Waals surface area contributed by atoms with Gasteiger partial charge in [0.1, 0.15) is 17.1 Å². The number of nitrogens with one attached hydrogen (secondary N) is 1. The Balaban J connectivity index is 1.94. The zero-order valence-electron chi connectivity index (χ0n) is 10.3. The standard InChI is InChI=1S/C15H11NO4/c17-10-6-12(18)11-8-14(20-13(11)7-10)15(19)16-9-4-2-1-3-5-9/h1-8,17-18H,(H,16,19). The summed E-state index contributed by atoms with van der Waals surface area (Å²) in [5, 5.41) is 22.1. The van der Waals surface area contributed by atoms with Crippen molar-refractivity contribution in [2.24, 2.45) is 0 Å². The highest BCUT2D eigenvalue weighted by atomic mass is 16.3. The van der Waals surface area contributed by atoms with Gasteiger partial charge >= 0.3 is 0 Å². The maximum absolute atomic E-state index is 12.0. The molecule has 5 heteroatoms. The van der Waals surface area contributed by atoms with Crippen molar-refractivity contribution in [3.63, 3.8) is 0 Å². The Hall–Kier alpha value is -2.95. The van der Waals surface area contributed by atoms with Crippen LogP contribution in [0, 0.1) is 0 Å². The highest BCUT2D eigenvalue weighted by molar-refractivity contribution is 6.05. The summed E-state index contributed by atoms with van der Waals surface area (Å²) in [4.78, 5) is 12.0. The molecule has 0 fully saturated rings. The molecule has 0 aliphatic heterocycles. The van der Waals surface area contributed by atoms with Gasteiger partial charge in [-0.3, -0.25) is 4.79 Å². The summed E-state index contributed by atoms with van der Waals surface area (Å²) < 4.78 is 5.33. The highest BCUT2D eigenvalue weighted by Crippen LogP contribution is 2.32. The minimum atomic E-state index is -0.425. The van der Waals surface area contributed by atoms with Gasteiger partial charge in [0.15, 0.2) is 5.76 Å². The molecule has 2 aromatic carbocycles. The van der Waals surface area contributed by atoms with Crippen molar-refractivity contribution in [3.05, 3.63) is 54.3 Å². The van der Waals surface area contributed by atoms with Crippen molar-refractivity contribution < 1.29 is 19.4 Å². The van der Waals surface area contributed by atoms with Gasteiger partial charge in [-0.05, 0) is 12.1 Å². The number of anilines is 1. The van der Waals surface area contributed by atoms with Crippen LogP contribution in [0.4, 0.5) is 5.69 Å². The lowest BCUT2D eigenvalue weighted by molar-refractivity contribution is 0.0998. The molecule has 0 radical (unpaired) electrons. The van der Waals surface area contributed by atoms with Crippen LogP contribution < -0.4 is 5.32 Å². The molecule has 0 aliphatic carbocycles. The van der Waals surface area contributed by atoms with E-state index in [0.717, 1.165) is 0 Å². The number of hydrogen-bond donors (Lipinski definition) is 3. The fourth-order valence-electron chi connectivity index (χ4n) is 1.93. The first-order chi connectivity index (χ1) is 9.63. The number of phenolic OH excluding ortho intramolecular Hbond substituents is 2. The van der Waals surface area contributed by atoms with Gasteiger partial charge < -0.3 is 19.9 Å². The van der Waals surface area contributed by atoms with E-state index in [9.17, 15) is 15.0 Å². The maximum atomic E-state index is 12.0. The molecular weight excluding hydrogens is 258 g/mol. The number of carbonyl (C=O) groups is 1. The minimum absolute atomic E-state index is 0.0600. The van der Waals surface area contributed by atoms with Crippen LogP contribution in [-0.4, -0.2) is 16.1 Å². The van der Waals surface area contributed by atoms with Gasteiger partial charge in [0.05, 0.1) is 5.39 Å². The Kier molecular flexibility index (Phi) is 2.80. The van der Waals surface area contributed by atoms with Crippen molar-refractivity contribution in [3.8, 4) is 11.5 Å². The number of fused-ring (bicyclic) bond motifs is 1. The Morgan fingerprint density at radius 1 is 1.05 bits per heavy atom. The first kappa shape index (κ1) is 12.1. The number of para-hydroxylation sites is 1. The van der Waals surface area contributed by atoms with Gasteiger partial charge in [-0.1, -0.05) is 18.2 Å². The first-order valence-electron chi connectivity index (χ1n) is 5.95. The van der Waals surface area contributed by atoms with Crippen molar-refractivity contribution in [1.82, 2.24) is 0 Å². The molecule has 1 heterocycles. The number of benzene rings is 2. The summed E-state index contributed by atoms with van der Waals surface area (Å²) in [6.07, 6.45) is 0. The molecule has 0 spiro atoms. The third-order valence-electron chi connectivity index (χ3n) is 2.86. The Labute approximate surface area is 114 Å². The Morgan fingerprint density at radius 2 is 1.80 bits per heavy atom. The average Bonchev–Trinajstić information content (AvgIpc) is 2.84. The number of hydrogen-bond acceptors (Lipinski definition) is 4. The van der Waals surface area contributed by atoms with E-state index in [-0.39, 0.29) is 22.8 Å². The van der Waals surface area contributed by atoms with E-state index in [2.05, 4.69) is 5.32 Å². The molecule has 3 rings (SSSR count). The lowest BCUT2D eigenvalue weighted by atomic mass is 10.2. The normalized spacial score (nSPS) is 10.6. The smallest absolute Gasteiger partial charge is 0.291 e. The lowest BCUT2D eigenvalue weighted by Crippen LogP contribution is -2.10. The molecule has 0 bridgehead atoms. The largest absolute Gasteiger partial charge is 0.508 e. The van der Waals surface area contributed by atoms with E-state index in [0.29, 0.717) is 11.1 Å². The first-order valence-corrected chi connectivity index (χ1v) is 5.95. The fourth-order valence-corrected chi connectivity index (χ4v) is 1.93. The van der Waals surface area contributed by atoms with E-state index in [1.807, 2.05) is 6.07 Å². The summed E-state index contributed by atoms with van der Waals surface area (Å²) in [7, 11) is 0. The summed E-state index contributed by atoms with van der Waals surface area (Å²) >= 11 is 0. The predicted molar refractivity (Wildman–Crippen MR) is 73.9 cm³/mol. The predicted octanol–water partition coefficient (Wildman–Crippen LogP) is 3.10. The number of carbonyl (C=O) groups excluding carboxylic acids is 1. The molecule has 0 saturated heterocycles. The molecule has 0 unspecified atom stereocenters. The van der Waals surface area contributed by atoms with Gasteiger partial charge in [0, 0.05) is 23.9 Å². The van der Waals surface area contributed by atoms with Crippen LogP contribution in [0.5, 0.6) is 11.5 Å². The van der Waals surface area contributed by atoms with Crippen molar-refractivity contribution in [2.45, 2.75) is 0 Å². The summed E-state index contributed by atoms with van der Waals surface area (Å²) in [6.45, 7) is 0. The number of rotatable bonds is 2. The molecular formula is C15H11NO4. The number of phenols is 2. The molecule has 1 amide bonds. The van der Waals surface area contributed by atoms with E-state index in [1.54, 1.807) is 24.3 Å². The third-order valence-corrected chi connectivity index (χ3v) is 2.86. The van der Waals surface area contributed by atoms with Crippen molar-refractivity contribution in [2.75, 3.05) is 5.32 Å². The Bertz CT molecular complexity index is 777. The second-order valence-corrected chi connectivity index (χ2v) is 4.31. The van der Waals surface area contributed by atoms with Crippen LogP contribution in [-0.2, 0) is 0 Å². The molecule has 0 atom stereocenters. The summed E-state index contributed by atoms with van der Waals surface area (Å²) in [5.41, 5.74) is 0.894. The lowest BCUT2D eigenvalue weighted by Gasteiger charge is -2.01. The van der Waals surface area contributed by atoms with E-state index < -0.39 is 5.91 Å². The van der Waals surface area contributed by atoms with Gasteiger partial charge in [-0.25, -0.2) is 0 Å². The molecule has 3 aromatic rings. The maximum Gasteiger partial charge on any atom is 0.291 e. The van der Waals surface area contributed by atoms with Crippen molar-refractivity contribution >= 4 is 22.6 Å².